The van der Waals surface area contributed by atoms with E-state index in [9.17, 15) is 0 Å². The van der Waals surface area contributed by atoms with Gasteiger partial charge in [0.05, 0.1) is 7.11 Å². The molecule has 0 aromatic heterocycles. The molecule has 1 aromatic carbocycles. The number of nitrogens with one attached hydrogen (secondary N) is 1. The molecule has 3 rings (SSSR count). The van der Waals surface area contributed by atoms with Crippen LogP contribution in [0, 0.1) is 0 Å². The molecule has 1 unspecified atom stereocenters. The van der Waals surface area contributed by atoms with Crippen LogP contribution >= 0.6 is 11.8 Å². The van der Waals surface area contributed by atoms with Gasteiger partial charge in [0, 0.05) is 6.04 Å². The van der Waals surface area contributed by atoms with Crippen molar-refractivity contribution in [2.45, 2.75) is 44.2 Å². The van der Waals surface area contributed by atoms with E-state index in [1.54, 1.807) is 7.11 Å². The third-order valence-electron chi connectivity index (χ3n) is 4.33. The number of thioether (sulfide) groups is 1. The predicted molar refractivity (Wildman–Crippen MR) is 88.7 cm³/mol. The first-order valence-electron chi connectivity index (χ1n) is 8.00. The Hall–Kier alpha value is -0.870. The molecule has 2 aliphatic heterocycles. The first-order valence-corrected chi connectivity index (χ1v) is 9.15. The van der Waals surface area contributed by atoms with Crippen molar-refractivity contribution in [3.63, 3.8) is 0 Å². The van der Waals surface area contributed by atoms with Gasteiger partial charge in [0.15, 0.2) is 11.5 Å². The summed E-state index contributed by atoms with van der Waals surface area (Å²) in [7, 11) is 1.73. The molecule has 0 saturated carbocycles. The Morgan fingerprint density at radius 2 is 2.05 bits per heavy atom. The maximum atomic E-state index is 6.15. The number of ether oxygens (including phenoxy) is 2. The molecule has 0 amide bonds. The van der Waals surface area contributed by atoms with E-state index in [1.807, 2.05) is 11.8 Å². The van der Waals surface area contributed by atoms with Crippen LogP contribution in [0.3, 0.4) is 0 Å². The predicted octanol–water partition coefficient (Wildman–Crippen LogP) is 3.26. The lowest BCUT2D eigenvalue weighted by molar-refractivity contribution is 0.184. The van der Waals surface area contributed by atoms with Gasteiger partial charge in [-0.3, -0.25) is 0 Å². The molecular weight excluding hydrogens is 282 g/mol. The van der Waals surface area contributed by atoms with E-state index in [0.717, 1.165) is 37.3 Å². The van der Waals surface area contributed by atoms with Crippen LogP contribution in [0.1, 0.15) is 31.2 Å². The van der Waals surface area contributed by atoms with Crippen molar-refractivity contribution in [1.82, 2.24) is 5.32 Å². The normalized spacial score (nSPS) is 23.2. The molecular formula is C17H25NO2S. The van der Waals surface area contributed by atoms with Crippen molar-refractivity contribution < 1.29 is 9.47 Å². The Kier molecular flexibility index (Phi) is 5.31. The van der Waals surface area contributed by atoms with Gasteiger partial charge in [0.2, 0.25) is 0 Å². The lowest BCUT2D eigenvalue weighted by Gasteiger charge is -2.24. The van der Waals surface area contributed by atoms with Crippen molar-refractivity contribution >= 4 is 11.8 Å². The van der Waals surface area contributed by atoms with E-state index < -0.39 is 0 Å². The minimum absolute atomic E-state index is 0.350. The third-order valence-corrected chi connectivity index (χ3v) is 5.38. The summed E-state index contributed by atoms with van der Waals surface area (Å²) in [5, 5.41) is 3.55. The number of hydrogen-bond acceptors (Lipinski definition) is 4. The van der Waals surface area contributed by atoms with Gasteiger partial charge in [-0.15, -0.1) is 0 Å². The van der Waals surface area contributed by atoms with Crippen LogP contribution in [-0.4, -0.2) is 37.3 Å². The molecule has 1 atom stereocenters. The summed E-state index contributed by atoms with van der Waals surface area (Å²) < 4.78 is 11.7. The highest BCUT2D eigenvalue weighted by Crippen LogP contribution is 2.32. The van der Waals surface area contributed by atoms with Gasteiger partial charge in [0.25, 0.3) is 0 Å². The zero-order valence-corrected chi connectivity index (χ0v) is 13.6. The fourth-order valence-electron chi connectivity index (χ4n) is 3.13. The Morgan fingerprint density at radius 1 is 1.19 bits per heavy atom. The van der Waals surface area contributed by atoms with Crippen molar-refractivity contribution in [3.8, 4) is 11.5 Å². The van der Waals surface area contributed by atoms with E-state index in [4.69, 9.17) is 9.47 Å². The fraction of sp³-hybridized carbons (Fsp3) is 0.647. The lowest BCUT2D eigenvalue weighted by atomic mass is 10.0. The maximum Gasteiger partial charge on any atom is 0.161 e. The minimum atomic E-state index is 0.350. The van der Waals surface area contributed by atoms with Crippen LogP contribution in [-0.2, 0) is 6.42 Å². The molecule has 4 heteroatoms. The highest BCUT2D eigenvalue weighted by atomic mass is 32.2. The van der Waals surface area contributed by atoms with Crippen molar-refractivity contribution in [2.24, 2.45) is 0 Å². The second kappa shape index (κ2) is 7.41. The van der Waals surface area contributed by atoms with Crippen LogP contribution in [0.5, 0.6) is 11.5 Å². The summed E-state index contributed by atoms with van der Waals surface area (Å²) in [5.74, 6) is 4.19. The third kappa shape index (κ3) is 4.07. The number of hydrogen-bond donors (Lipinski definition) is 1. The Bertz CT molecular complexity index is 454. The fourth-order valence-corrected chi connectivity index (χ4v) is 4.19. The standard InChI is InChI=1S/C17H25NO2S/c1-19-17-12-13(11-14-3-2-8-18-14)4-5-16(17)20-15-6-9-21-10-7-15/h4-5,12,14-15,18H,2-3,6-11H2,1H3. The van der Waals surface area contributed by atoms with Gasteiger partial charge in [-0.25, -0.2) is 0 Å². The average Bonchev–Trinajstić information content (AvgIpc) is 3.03. The summed E-state index contributed by atoms with van der Waals surface area (Å²) >= 11 is 2.02. The zero-order chi connectivity index (χ0) is 14.5. The maximum absolute atomic E-state index is 6.15. The van der Waals surface area contributed by atoms with Gasteiger partial charge in [-0.2, -0.15) is 11.8 Å². The average molecular weight is 307 g/mol. The molecule has 2 fully saturated rings. The van der Waals surface area contributed by atoms with Crippen LogP contribution < -0.4 is 14.8 Å². The summed E-state index contributed by atoms with van der Waals surface area (Å²) in [4.78, 5) is 0. The molecule has 0 spiro atoms. The summed E-state index contributed by atoms with van der Waals surface area (Å²) in [6.07, 6.45) is 6.28. The van der Waals surface area contributed by atoms with Gasteiger partial charge in [-0.1, -0.05) is 6.07 Å². The van der Waals surface area contributed by atoms with Gasteiger partial charge < -0.3 is 14.8 Å². The number of benzene rings is 1. The largest absolute Gasteiger partial charge is 0.493 e. The zero-order valence-electron chi connectivity index (χ0n) is 12.8. The summed E-state index contributed by atoms with van der Waals surface area (Å²) in [6, 6.07) is 7.05. The molecule has 2 saturated heterocycles. The number of rotatable bonds is 5. The molecule has 1 aromatic rings. The van der Waals surface area contributed by atoms with Crippen molar-refractivity contribution in [2.75, 3.05) is 25.2 Å². The molecule has 0 bridgehead atoms. The van der Waals surface area contributed by atoms with E-state index in [-0.39, 0.29) is 0 Å². The lowest BCUT2D eigenvalue weighted by Crippen LogP contribution is -2.24. The van der Waals surface area contributed by atoms with Gasteiger partial charge in [-0.05, 0) is 67.9 Å². The molecule has 1 N–H and O–H groups in total. The molecule has 116 valence electrons. The quantitative estimate of drug-likeness (QED) is 0.904. The smallest absolute Gasteiger partial charge is 0.161 e. The van der Waals surface area contributed by atoms with E-state index in [0.29, 0.717) is 12.1 Å². The molecule has 2 heterocycles. The molecule has 2 aliphatic rings. The van der Waals surface area contributed by atoms with Crippen molar-refractivity contribution in [1.29, 1.82) is 0 Å². The minimum Gasteiger partial charge on any atom is -0.493 e. The van der Waals surface area contributed by atoms with Crippen LogP contribution in [0.25, 0.3) is 0 Å². The topological polar surface area (TPSA) is 30.5 Å². The second-order valence-corrected chi connectivity index (χ2v) is 7.14. The first kappa shape index (κ1) is 15.0. The SMILES string of the molecule is COc1cc(CC2CCCN2)ccc1OC1CCSCC1. The van der Waals surface area contributed by atoms with E-state index in [1.165, 1.54) is 29.9 Å². The Morgan fingerprint density at radius 3 is 2.76 bits per heavy atom. The highest BCUT2D eigenvalue weighted by molar-refractivity contribution is 7.99. The monoisotopic (exact) mass is 307 g/mol. The van der Waals surface area contributed by atoms with Crippen LogP contribution in [0.4, 0.5) is 0 Å². The van der Waals surface area contributed by atoms with Gasteiger partial charge in [0.1, 0.15) is 6.10 Å². The van der Waals surface area contributed by atoms with Gasteiger partial charge >= 0.3 is 0 Å². The summed E-state index contributed by atoms with van der Waals surface area (Å²) in [6.45, 7) is 1.16. The Balaban J connectivity index is 1.65. The van der Waals surface area contributed by atoms with E-state index >= 15 is 0 Å². The van der Waals surface area contributed by atoms with E-state index in [2.05, 4.69) is 23.5 Å². The van der Waals surface area contributed by atoms with Crippen LogP contribution in [0.15, 0.2) is 18.2 Å². The van der Waals surface area contributed by atoms with Crippen molar-refractivity contribution in [3.05, 3.63) is 23.8 Å². The Labute approximate surface area is 131 Å². The molecule has 0 aliphatic carbocycles. The van der Waals surface area contributed by atoms with Crippen LogP contribution in [0.2, 0.25) is 0 Å². The molecule has 21 heavy (non-hydrogen) atoms. The number of methoxy groups -OCH3 is 1. The molecule has 3 nitrogen and oxygen atoms in total. The highest BCUT2D eigenvalue weighted by Gasteiger charge is 2.19. The summed E-state index contributed by atoms with van der Waals surface area (Å²) in [5.41, 5.74) is 1.33. The first-order chi connectivity index (χ1) is 10.3. The molecule has 0 radical (unpaired) electrons. The second-order valence-electron chi connectivity index (χ2n) is 5.91.